The van der Waals surface area contributed by atoms with Gasteiger partial charge in [0.1, 0.15) is 6.04 Å². The van der Waals surface area contributed by atoms with Gasteiger partial charge in [-0.15, -0.1) is 0 Å². The van der Waals surface area contributed by atoms with Gasteiger partial charge in [-0.25, -0.2) is 0 Å². The van der Waals surface area contributed by atoms with E-state index in [1.165, 1.54) is 0 Å². The summed E-state index contributed by atoms with van der Waals surface area (Å²) in [4.78, 5) is 23.4. The molecular weight excluding hydrogens is 232 g/mol. The van der Waals surface area contributed by atoms with Gasteiger partial charge in [0, 0.05) is 19.6 Å². The van der Waals surface area contributed by atoms with E-state index in [0.717, 1.165) is 51.7 Å². The van der Waals surface area contributed by atoms with E-state index < -0.39 is 0 Å². The largest absolute Gasteiger partial charge is 0.378 e. The summed E-state index contributed by atoms with van der Waals surface area (Å²) >= 11 is 0. The number of hydrogen-bond acceptors (Lipinski definition) is 3. The Morgan fingerprint density at radius 1 is 1.33 bits per heavy atom. The predicted molar refractivity (Wildman–Crippen MR) is 67.0 cm³/mol. The van der Waals surface area contributed by atoms with Crippen LogP contribution in [0.4, 0.5) is 0 Å². The zero-order valence-electron chi connectivity index (χ0n) is 10.7. The number of amides is 2. The Balaban J connectivity index is 1.70. The normalized spacial score (nSPS) is 28.6. The Bertz CT molecular complexity index is 301. The lowest BCUT2D eigenvalue weighted by Gasteiger charge is -2.16. The van der Waals surface area contributed by atoms with Crippen LogP contribution in [-0.4, -0.2) is 37.1 Å². The number of ether oxygens (including phenoxy) is 1. The third-order valence-corrected chi connectivity index (χ3v) is 3.59. The van der Waals surface area contributed by atoms with Crippen molar-refractivity contribution in [3.63, 3.8) is 0 Å². The van der Waals surface area contributed by atoms with Crippen LogP contribution in [0.1, 0.15) is 44.9 Å². The molecule has 0 radical (unpaired) electrons. The highest BCUT2D eigenvalue weighted by atomic mass is 16.5. The van der Waals surface area contributed by atoms with Gasteiger partial charge >= 0.3 is 0 Å². The minimum Gasteiger partial charge on any atom is -0.378 e. The predicted octanol–water partition coefficient (Wildman–Crippen LogP) is 0.730. The van der Waals surface area contributed by atoms with Crippen LogP contribution in [-0.2, 0) is 14.3 Å². The lowest BCUT2D eigenvalue weighted by molar-refractivity contribution is -0.129. The summed E-state index contributed by atoms with van der Waals surface area (Å²) in [6, 6.07) is -0.343. The van der Waals surface area contributed by atoms with E-state index >= 15 is 0 Å². The standard InChI is InChI=1S/C13H22N2O3/c16-12(7-6-10-4-3-9-18-10)15-11-5-1-2-8-14-13(11)17/h10-11H,1-9H2,(H,14,17)(H,15,16)/t10-,11+/m1/s1. The van der Waals surface area contributed by atoms with E-state index in [4.69, 9.17) is 4.74 Å². The van der Waals surface area contributed by atoms with Gasteiger partial charge in [0.05, 0.1) is 6.10 Å². The molecule has 18 heavy (non-hydrogen) atoms. The van der Waals surface area contributed by atoms with Gasteiger partial charge in [-0.3, -0.25) is 9.59 Å². The molecule has 0 aromatic rings. The van der Waals surface area contributed by atoms with E-state index in [9.17, 15) is 9.59 Å². The van der Waals surface area contributed by atoms with Crippen LogP contribution in [0.5, 0.6) is 0 Å². The maximum atomic E-state index is 11.8. The molecule has 5 heteroatoms. The summed E-state index contributed by atoms with van der Waals surface area (Å²) in [7, 11) is 0. The van der Waals surface area contributed by atoms with Crippen LogP contribution < -0.4 is 10.6 Å². The first kappa shape index (κ1) is 13.3. The first-order valence-electron chi connectivity index (χ1n) is 6.94. The maximum absolute atomic E-state index is 11.8. The highest BCUT2D eigenvalue weighted by Crippen LogP contribution is 2.16. The van der Waals surface area contributed by atoms with Crippen molar-refractivity contribution in [3.8, 4) is 0 Å². The Morgan fingerprint density at radius 3 is 3.00 bits per heavy atom. The van der Waals surface area contributed by atoms with E-state index in [2.05, 4.69) is 10.6 Å². The van der Waals surface area contributed by atoms with Crippen LogP contribution >= 0.6 is 0 Å². The second-order valence-corrected chi connectivity index (χ2v) is 5.08. The van der Waals surface area contributed by atoms with Gasteiger partial charge < -0.3 is 15.4 Å². The molecule has 2 atom stereocenters. The molecule has 2 heterocycles. The molecular formula is C13H22N2O3. The van der Waals surface area contributed by atoms with Crippen molar-refractivity contribution in [1.29, 1.82) is 0 Å². The topological polar surface area (TPSA) is 67.4 Å². The number of rotatable bonds is 4. The fourth-order valence-corrected chi connectivity index (χ4v) is 2.51. The molecule has 2 rings (SSSR count). The maximum Gasteiger partial charge on any atom is 0.242 e. The molecule has 0 saturated carbocycles. The average Bonchev–Trinajstić information content (AvgIpc) is 2.80. The van der Waals surface area contributed by atoms with E-state index in [1.54, 1.807) is 0 Å². The molecule has 2 amide bonds. The van der Waals surface area contributed by atoms with Crippen LogP contribution in [0, 0.1) is 0 Å². The van der Waals surface area contributed by atoms with Crippen LogP contribution in [0.25, 0.3) is 0 Å². The van der Waals surface area contributed by atoms with Crippen LogP contribution in [0.3, 0.4) is 0 Å². The van der Waals surface area contributed by atoms with Crippen molar-refractivity contribution in [2.75, 3.05) is 13.2 Å². The Labute approximate surface area is 108 Å². The molecule has 0 bridgehead atoms. The van der Waals surface area contributed by atoms with Crippen molar-refractivity contribution in [2.45, 2.75) is 57.1 Å². The number of carbonyl (C=O) groups excluding carboxylic acids is 2. The molecule has 2 N–H and O–H groups in total. The molecule has 0 spiro atoms. The average molecular weight is 254 g/mol. The fourth-order valence-electron chi connectivity index (χ4n) is 2.51. The second kappa shape index (κ2) is 6.73. The molecule has 2 saturated heterocycles. The lowest BCUT2D eigenvalue weighted by Crippen LogP contribution is -2.45. The highest BCUT2D eigenvalue weighted by molar-refractivity contribution is 5.87. The smallest absolute Gasteiger partial charge is 0.242 e. The molecule has 0 aromatic heterocycles. The van der Waals surface area contributed by atoms with Gasteiger partial charge in [-0.05, 0) is 38.5 Å². The van der Waals surface area contributed by atoms with Gasteiger partial charge in [0.15, 0.2) is 0 Å². The minimum absolute atomic E-state index is 0.0347. The monoisotopic (exact) mass is 254 g/mol. The van der Waals surface area contributed by atoms with E-state index in [-0.39, 0.29) is 24.0 Å². The summed E-state index contributed by atoms with van der Waals surface area (Å²) in [6.45, 7) is 1.54. The Morgan fingerprint density at radius 2 is 2.22 bits per heavy atom. The summed E-state index contributed by atoms with van der Waals surface area (Å²) in [5.74, 6) is -0.0782. The van der Waals surface area contributed by atoms with Crippen molar-refractivity contribution in [2.24, 2.45) is 0 Å². The Hall–Kier alpha value is -1.10. The van der Waals surface area contributed by atoms with Gasteiger partial charge in [-0.2, -0.15) is 0 Å². The minimum atomic E-state index is -0.343. The lowest BCUT2D eigenvalue weighted by atomic mass is 10.1. The van der Waals surface area contributed by atoms with Crippen molar-refractivity contribution in [1.82, 2.24) is 10.6 Å². The second-order valence-electron chi connectivity index (χ2n) is 5.08. The van der Waals surface area contributed by atoms with Crippen molar-refractivity contribution < 1.29 is 14.3 Å². The zero-order chi connectivity index (χ0) is 12.8. The third kappa shape index (κ3) is 3.98. The summed E-state index contributed by atoms with van der Waals surface area (Å²) in [5, 5.41) is 5.64. The number of nitrogens with one attached hydrogen (secondary N) is 2. The molecule has 0 aromatic carbocycles. The number of hydrogen-bond donors (Lipinski definition) is 2. The zero-order valence-corrected chi connectivity index (χ0v) is 10.7. The fraction of sp³-hybridized carbons (Fsp3) is 0.846. The van der Waals surface area contributed by atoms with Gasteiger partial charge in [0.25, 0.3) is 0 Å². The third-order valence-electron chi connectivity index (χ3n) is 3.59. The van der Waals surface area contributed by atoms with Crippen LogP contribution in [0.15, 0.2) is 0 Å². The summed E-state index contributed by atoms with van der Waals surface area (Å²) in [5.41, 5.74) is 0. The quantitative estimate of drug-likeness (QED) is 0.777. The summed E-state index contributed by atoms with van der Waals surface area (Å²) < 4.78 is 5.48. The molecule has 2 fully saturated rings. The molecule has 2 aliphatic rings. The molecule has 102 valence electrons. The van der Waals surface area contributed by atoms with Gasteiger partial charge in [-0.1, -0.05) is 0 Å². The SMILES string of the molecule is O=C(CC[C@H]1CCCO1)N[C@H]1CCCCNC1=O. The van der Waals surface area contributed by atoms with E-state index in [0.29, 0.717) is 6.42 Å². The first-order valence-corrected chi connectivity index (χ1v) is 6.94. The van der Waals surface area contributed by atoms with Crippen molar-refractivity contribution in [3.05, 3.63) is 0 Å². The first-order chi connectivity index (χ1) is 8.75. The molecule has 0 unspecified atom stereocenters. The molecule has 5 nitrogen and oxygen atoms in total. The highest BCUT2D eigenvalue weighted by Gasteiger charge is 2.23. The Kier molecular flexibility index (Phi) is 4.99. The molecule has 2 aliphatic heterocycles. The van der Waals surface area contributed by atoms with Crippen LogP contribution in [0.2, 0.25) is 0 Å². The summed E-state index contributed by atoms with van der Waals surface area (Å²) in [6.07, 6.45) is 6.32. The van der Waals surface area contributed by atoms with E-state index in [1.807, 2.05) is 0 Å². The molecule has 0 aliphatic carbocycles. The van der Waals surface area contributed by atoms with Gasteiger partial charge in [0.2, 0.25) is 11.8 Å². The van der Waals surface area contributed by atoms with Crippen molar-refractivity contribution >= 4 is 11.8 Å². The number of carbonyl (C=O) groups is 2.